The highest BCUT2D eigenvalue weighted by Crippen LogP contribution is 2.34. The summed E-state index contributed by atoms with van der Waals surface area (Å²) in [6, 6.07) is 13.7. The van der Waals surface area contributed by atoms with Gasteiger partial charge < -0.3 is 13.9 Å². The Bertz CT molecular complexity index is 1430. The van der Waals surface area contributed by atoms with Gasteiger partial charge in [0.1, 0.15) is 5.82 Å². The topological polar surface area (TPSA) is 87.6 Å². The third-order valence-electron chi connectivity index (χ3n) is 4.77. The average molecular weight is 453 g/mol. The first-order valence-corrected chi connectivity index (χ1v) is 9.59. The molecule has 0 spiro atoms. The second-order valence-corrected chi connectivity index (χ2v) is 6.79. The Balaban J connectivity index is 1.50. The molecule has 3 aromatic heterocycles. The van der Waals surface area contributed by atoms with Crippen molar-refractivity contribution in [2.45, 2.75) is 6.61 Å². The fourth-order valence-corrected chi connectivity index (χ4v) is 3.28. The van der Waals surface area contributed by atoms with E-state index in [9.17, 15) is 13.2 Å². The summed E-state index contributed by atoms with van der Waals surface area (Å²) in [6.07, 6.45) is 1.62. The minimum absolute atomic E-state index is 0.0911. The molecule has 5 aromatic rings. The standard InChI is InChI=1S/C22H14F3N5O3/c1-31-18-10-13(4-7-17(18)32-22(24)25)20-27-28-21(33-20)15-11-19-26-9-8-16(30(19)29-15)12-2-5-14(23)6-3-12/h2-11,22H,1H3. The van der Waals surface area contributed by atoms with Crippen LogP contribution in [0.15, 0.2) is 65.2 Å². The van der Waals surface area contributed by atoms with Crippen LogP contribution in [0.1, 0.15) is 0 Å². The number of methoxy groups -OCH3 is 1. The van der Waals surface area contributed by atoms with Crippen LogP contribution in [0.3, 0.4) is 0 Å². The lowest BCUT2D eigenvalue weighted by molar-refractivity contribution is -0.0512. The molecule has 3 heterocycles. The van der Waals surface area contributed by atoms with Crippen molar-refractivity contribution in [3.63, 3.8) is 0 Å². The zero-order valence-electron chi connectivity index (χ0n) is 16.9. The highest BCUT2D eigenvalue weighted by Gasteiger charge is 2.18. The zero-order valence-corrected chi connectivity index (χ0v) is 16.9. The number of fused-ring (bicyclic) bond motifs is 1. The fourth-order valence-electron chi connectivity index (χ4n) is 3.28. The van der Waals surface area contributed by atoms with Gasteiger partial charge in [-0.05, 0) is 48.5 Å². The van der Waals surface area contributed by atoms with Crippen LogP contribution in [-0.2, 0) is 0 Å². The van der Waals surface area contributed by atoms with Crippen molar-refractivity contribution in [1.29, 1.82) is 0 Å². The van der Waals surface area contributed by atoms with Crippen LogP contribution in [0.4, 0.5) is 13.2 Å². The van der Waals surface area contributed by atoms with E-state index in [1.807, 2.05) is 0 Å². The second kappa shape index (κ2) is 8.26. The Morgan fingerprint density at radius 1 is 0.909 bits per heavy atom. The minimum atomic E-state index is -2.98. The lowest BCUT2D eigenvalue weighted by atomic mass is 10.1. The van der Waals surface area contributed by atoms with Crippen molar-refractivity contribution >= 4 is 5.65 Å². The quantitative estimate of drug-likeness (QED) is 0.363. The van der Waals surface area contributed by atoms with Gasteiger partial charge in [0.15, 0.2) is 22.8 Å². The van der Waals surface area contributed by atoms with Crippen LogP contribution < -0.4 is 9.47 Å². The summed E-state index contributed by atoms with van der Waals surface area (Å²) in [6.45, 7) is -2.98. The molecule has 166 valence electrons. The maximum absolute atomic E-state index is 13.3. The first-order chi connectivity index (χ1) is 16.0. The van der Waals surface area contributed by atoms with Crippen LogP contribution in [0.5, 0.6) is 11.5 Å². The van der Waals surface area contributed by atoms with E-state index in [2.05, 4.69) is 25.0 Å². The number of hydrogen-bond donors (Lipinski definition) is 0. The monoisotopic (exact) mass is 453 g/mol. The summed E-state index contributed by atoms with van der Waals surface area (Å²) >= 11 is 0. The Morgan fingerprint density at radius 3 is 2.42 bits per heavy atom. The lowest BCUT2D eigenvalue weighted by Crippen LogP contribution is -2.03. The summed E-state index contributed by atoms with van der Waals surface area (Å²) in [4.78, 5) is 4.30. The molecule has 0 fully saturated rings. The predicted octanol–water partition coefficient (Wildman–Crippen LogP) is 4.86. The number of alkyl halides is 2. The number of aromatic nitrogens is 5. The Morgan fingerprint density at radius 2 is 1.67 bits per heavy atom. The van der Waals surface area contributed by atoms with Crippen LogP contribution in [-0.4, -0.2) is 38.5 Å². The number of rotatable bonds is 6. The molecule has 33 heavy (non-hydrogen) atoms. The summed E-state index contributed by atoms with van der Waals surface area (Å²) in [5.41, 5.74) is 2.80. The Labute approximate surface area is 184 Å². The van der Waals surface area contributed by atoms with E-state index >= 15 is 0 Å². The molecule has 2 aromatic carbocycles. The number of nitrogens with zero attached hydrogens (tertiary/aromatic N) is 5. The molecule has 11 heteroatoms. The molecule has 0 atom stereocenters. The molecule has 0 bridgehead atoms. The van der Waals surface area contributed by atoms with Crippen molar-refractivity contribution in [3.8, 4) is 45.8 Å². The minimum Gasteiger partial charge on any atom is -0.493 e. The highest BCUT2D eigenvalue weighted by atomic mass is 19.3. The summed E-state index contributed by atoms with van der Waals surface area (Å²) in [5.74, 6) is -0.0960. The van der Waals surface area contributed by atoms with Gasteiger partial charge in [-0.3, -0.25) is 0 Å². The molecule has 0 saturated carbocycles. The third-order valence-corrected chi connectivity index (χ3v) is 4.77. The molecule has 0 aliphatic rings. The molecule has 0 saturated heterocycles. The highest BCUT2D eigenvalue weighted by molar-refractivity contribution is 5.66. The first-order valence-electron chi connectivity index (χ1n) is 9.59. The second-order valence-electron chi connectivity index (χ2n) is 6.79. The van der Waals surface area contributed by atoms with Crippen LogP contribution in [0, 0.1) is 5.82 Å². The maximum Gasteiger partial charge on any atom is 0.387 e. The van der Waals surface area contributed by atoms with Gasteiger partial charge in [-0.15, -0.1) is 10.2 Å². The molecule has 0 N–H and O–H groups in total. The number of benzene rings is 2. The molecule has 0 aliphatic heterocycles. The average Bonchev–Trinajstić information content (AvgIpc) is 3.47. The SMILES string of the molecule is COc1cc(-c2nnc(-c3cc4nccc(-c5ccc(F)cc5)n4n3)o2)ccc1OC(F)F. The van der Waals surface area contributed by atoms with Crippen molar-refractivity contribution in [2.75, 3.05) is 7.11 Å². The Hall–Kier alpha value is -4.41. The lowest BCUT2D eigenvalue weighted by Gasteiger charge is -2.10. The van der Waals surface area contributed by atoms with Crippen molar-refractivity contribution in [2.24, 2.45) is 0 Å². The van der Waals surface area contributed by atoms with Crippen LogP contribution in [0.2, 0.25) is 0 Å². The van der Waals surface area contributed by atoms with Gasteiger partial charge in [0, 0.05) is 23.4 Å². The molecule has 0 radical (unpaired) electrons. The van der Waals surface area contributed by atoms with E-state index in [0.29, 0.717) is 22.6 Å². The molecular weight excluding hydrogens is 439 g/mol. The van der Waals surface area contributed by atoms with E-state index < -0.39 is 6.61 Å². The molecule has 0 aliphatic carbocycles. The zero-order chi connectivity index (χ0) is 22.9. The van der Waals surface area contributed by atoms with E-state index in [0.717, 1.165) is 5.56 Å². The maximum atomic E-state index is 13.3. The van der Waals surface area contributed by atoms with E-state index in [-0.39, 0.29) is 29.1 Å². The molecule has 0 amide bonds. The Kier molecular flexibility index (Phi) is 5.13. The van der Waals surface area contributed by atoms with Gasteiger partial charge in [0.2, 0.25) is 5.89 Å². The number of halogens is 3. The van der Waals surface area contributed by atoms with Gasteiger partial charge >= 0.3 is 6.61 Å². The fraction of sp³-hybridized carbons (Fsp3) is 0.0909. The summed E-state index contributed by atoms with van der Waals surface area (Å²) < 4.78 is 55.3. The molecule has 8 nitrogen and oxygen atoms in total. The van der Waals surface area contributed by atoms with E-state index in [4.69, 9.17) is 9.15 Å². The number of hydrogen-bond acceptors (Lipinski definition) is 7. The van der Waals surface area contributed by atoms with Crippen molar-refractivity contribution < 1.29 is 27.1 Å². The van der Waals surface area contributed by atoms with Gasteiger partial charge in [-0.25, -0.2) is 13.9 Å². The summed E-state index contributed by atoms with van der Waals surface area (Å²) in [7, 11) is 1.33. The third kappa shape index (κ3) is 3.95. The number of ether oxygens (including phenoxy) is 2. The molecular formula is C22H14F3N5O3. The smallest absolute Gasteiger partial charge is 0.387 e. The summed E-state index contributed by atoms with van der Waals surface area (Å²) in [5, 5.41) is 12.6. The van der Waals surface area contributed by atoms with E-state index in [1.54, 1.807) is 35.0 Å². The van der Waals surface area contributed by atoms with E-state index in [1.165, 1.54) is 37.4 Å². The van der Waals surface area contributed by atoms with Gasteiger partial charge in [-0.1, -0.05) is 0 Å². The largest absolute Gasteiger partial charge is 0.493 e. The van der Waals surface area contributed by atoms with Crippen LogP contribution in [0.25, 0.3) is 39.9 Å². The normalized spacial score (nSPS) is 11.3. The predicted molar refractivity (Wildman–Crippen MR) is 110 cm³/mol. The van der Waals surface area contributed by atoms with Gasteiger partial charge in [-0.2, -0.15) is 13.9 Å². The van der Waals surface area contributed by atoms with Crippen molar-refractivity contribution in [1.82, 2.24) is 24.8 Å². The van der Waals surface area contributed by atoms with Crippen molar-refractivity contribution in [3.05, 3.63) is 66.6 Å². The molecule has 0 unspecified atom stereocenters. The van der Waals surface area contributed by atoms with Gasteiger partial charge in [0.25, 0.3) is 5.89 Å². The first kappa shape index (κ1) is 20.5. The van der Waals surface area contributed by atoms with Crippen LogP contribution >= 0.6 is 0 Å². The van der Waals surface area contributed by atoms with Gasteiger partial charge in [0.05, 0.1) is 12.8 Å². The molecule has 5 rings (SSSR count).